The van der Waals surface area contributed by atoms with Crippen LogP contribution in [0.3, 0.4) is 0 Å². The Balaban J connectivity index is 1.53. The molecule has 0 unspecified atom stereocenters. The molecule has 0 radical (unpaired) electrons. The van der Waals surface area contributed by atoms with E-state index in [1.165, 1.54) is 0 Å². The number of anilines is 1. The minimum Gasteiger partial charge on any atom is -0.481 e. The summed E-state index contributed by atoms with van der Waals surface area (Å²) in [5, 5.41) is 12.0. The van der Waals surface area contributed by atoms with Gasteiger partial charge in [-0.2, -0.15) is 0 Å². The number of hydrogen-bond donors (Lipinski definition) is 2. The topological polar surface area (TPSA) is 95.4 Å². The highest BCUT2D eigenvalue weighted by molar-refractivity contribution is 5.92. The molecule has 1 amide bonds. The van der Waals surface area contributed by atoms with Gasteiger partial charge in [-0.25, -0.2) is 0 Å². The first kappa shape index (κ1) is 18.0. The fourth-order valence-electron chi connectivity index (χ4n) is 3.13. The summed E-state index contributed by atoms with van der Waals surface area (Å²) in [4.78, 5) is 33.5. The van der Waals surface area contributed by atoms with Crippen molar-refractivity contribution in [1.29, 1.82) is 0 Å². The van der Waals surface area contributed by atoms with E-state index in [-0.39, 0.29) is 18.2 Å². The highest BCUT2D eigenvalue weighted by Crippen LogP contribution is 2.20. The second-order valence-electron chi connectivity index (χ2n) is 6.51. The Morgan fingerprint density at radius 3 is 2.73 bits per heavy atom. The van der Waals surface area contributed by atoms with Gasteiger partial charge in [0, 0.05) is 30.8 Å². The van der Waals surface area contributed by atoms with Crippen molar-refractivity contribution in [1.82, 2.24) is 14.9 Å². The van der Waals surface area contributed by atoms with E-state index in [4.69, 9.17) is 5.11 Å². The van der Waals surface area contributed by atoms with E-state index >= 15 is 0 Å². The van der Waals surface area contributed by atoms with Crippen LogP contribution >= 0.6 is 0 Å². The molecular formula is C19H22N4O3. The van der Waals surface area contributed by atoms with Crippen LogP contribution in [0.25, 0.3) is 0 Å². The summed E-state index contributed by atoms with van der Waals surface area (Å²) in [6.07, 6.45) is 6.27. The second-order valence-corrected chi connectivity index (χ2v) is 6.51. The van der Waals surface area contributed by atoms with E-state index in [0.29, 0.717) is 18.5 Å². The summed E-state index contributed by atoms with van der Waals surface area (Å²) < 4.78 is 0. The largest absolute Gasteiger partial charge is 0.481 e. The van der Waals surface area contributed by atoms with Crippen LogP contribution in [-0.2, 0) is 22.6 Å². The first-order chi connectivity index (χ1) is 12.6. The number of rotatable bonds is 6. The summed E-state index contributed by atoms with van der Waals surface area (Å²) in [5.74, 6) is -1.06. The Morgan fingerprint density at radius 2 is 2.04 bits per heavy atom. The zero-order valence-corrected chi connectivity index (χ0v) is 14.5. The molecule has 0 saturated carbocycles. The molecule has 2 heterocycles. The third kappa shape index (κ3) is 5.10. The lowest BCUT2D eigenvalue weighted by Crippen LogP contribution is -2.35. The van der Waals surface area contributed by atoms with E-state index < -0.39 is 5.97 Å². The number of carboxylic acids is 1. The highest BCUT2D eigenvalue weighted by Gasteiger charge is 2.24. The van der Waals surface area contributed by atoms with Crippen LogP contribution in [0.15, 0.2) is 42.9 Å². The van der Waals surface area contributed by atoms with Crippen molar-refractivity contribution in [2.75, 3.05) is 18.4 Å². The summed E-state index contributed by atoms with van der Waals surface area (Å²) in [6, 6.07) is 7.74. The number of hydrogen-bond acceptors (Lipinski definition) is 5. The molecule has 26 heavy (non-hydrogen) atoms. The molecule has 0 atom stereocenters. The molecule has 1 aliphatic rings. The number of aliphatic carboxylic acids is 1. The molecule has 7 nitrogen and oxygen atoms in total. The summed E-state index contributed by atoms with van der Waals surface area (Å²) in [6.45, 7) is 2.31. The monoisotopic (exact) mass is 354 g/mol. The van der Waals surface area contributed by atoms with Gasteiger partial charge in [0.15, 0.2) is 0 Å². The lowest BCUT2D eigenvalue weighted by molar-refractivity contribution is -0.143. The van der Waals surface area contributed by atoms with Crippen LogP contribution in [0.5, 0.6) is 0 Å². The molecule has 0 aliphatic carbocycles. The number of carbonyl (C=O) groups excluding carboxylic acids is 1. The molecular weight excluding hydrogens is 332 g/mol. The van der Waals surface area contributed by atoms with E-state index in [1.807, 2.05) is 24.3 Å². The lowest BCUT2D eigenvalue weighted by atomic mass is 9.97. The number of amides is 1. The van der Waals surface area contributed by atoms with Gasteiger partial charge < -0.3 is 10.4 Å². The Morgan fingerprint density at radius 1 is 1.23 bits per heavy atom. The van der Waals surface area contributed by atoms with Crippen molar-refractivity contribution >= 4 is 17.6 Å². The van der Waals surface area contributed by atoms with E-state index in [1.54, 1.807) is 18.6 Å². The van der Waals surface area contributed by atoms with Gasteiger partial charge >= 0.3 is 5.97 Å². The maximum atomic E-state index is 12.1. The molecule has 1 aliphatic heterocycles. The van der Waals surface area contributed by atoms with Crippen LogP contribution in [0.2, 0.25) is 0 Å². The van der Waals surface area contributed by atoms with Crippen LogP contribution in [0.4, 0.5) is 5.69 Å². The Bertz CT molecular complexity index is 758. The number of nitrogens with zero attached hydrogens (tertiary/aromatic N) is 3. The van der Waals surface area contributed by atoms with Gasteiger partial charge in [0.1, 0.15) is 0 Å². The molecule has 7 heteroatoms. The Labute approximate surface area is 152 Å². The maximum absolute atomic E-state index is 12.1. The van der Waals surface area contributed by atoms with Crippen molar-refractivity contribution in [2.45, 2.75) is 25.8 Å². The average molecular weight is 354 g/mol. The molecule has 1 fully saturated rings. The van der Waals surface area contributed by atoms with Crippen LogP contribution in [0, 0.1) is 5.92 Å². The molecule has 1 saturated heterocycles. The molecule has 2 aromatic rings. The molecule has 3 rings (SSSR count). The third-order valence-corrected chi connectivity index (χ3v) is 4.51. The zero-order chi connectivity index (χ0) is 18.4. The number of benzene rings is 1. The fraction of sp³-hybridized carbons (Fsp3) is 0.368. The van der Waals surface area contributed by atoms with Gasteiger partial charge in [-0.1, -0.05) is 12.1 Å². The highest BCUT2D eigenvalue weighted by atomic mass is 16.4. The zero-order valence-electron chi connectivity index (χ0n) is 14.5. The number of aromatic nitrogens is 2. The van der Waals surface area contributed by atoms with Crippen molar-refractivity contribution in [3.63, 3.8) is 0 Å². The summed E-state index contributed by atoms with van der Waals surface area (Å²) >= 11 is 0. The minimum atomic E-state index is -0.697. The van der Waals surface area contributed by atoms with Crippen molar-refractivity contribution in [2.24, 2.45) is 5.92 Å². The van der Waals surface area contributed by atoms with Gasteiger partial charge in [-0.15, -0.1) is 0 Å². The van der Waals surface area contributed by atoms with Crippen molar-refractivity contribution < 1.29 is 14.7 Å². The van der Waals surface area contributed by atoms with E-state index in [2.05, 4.69) is 20.2 Å². The summed E-state index contributed by atoms with van der Waals surface area (Å²) in [7, 11) is 0. The second kappa shape index (κ2) is 8.53. The first-order valence-electron chi connectivity index (χ1n) is 8.69. The van der Waals surface area contributed by atoms with E-state index in [9.17, 15) is 9.59 Å². The Hall–Kier alpha value is -2.80. The number of nitrogens with one attached hydrogen (secondary N) is 1. The van der Waals surface area contributed by atoms with Gasteiger partial charge in [-0.3, -0.25) is 24.5 Å². The van der Waals surface area contributed by atoms with Crippen LogP contribution < -0.4 is 5.32 Å². The lowest BCUT2D eigenvalue weighted by Gasteiger charge is -2.30. The van der Waals surface area contributed by atoms with Crippen molar-refractivity contribution in [3.8, 4) is 0 Å². The maximum Gasteiger partial charge on any atom is 0.306 e. The number of carbonyl (C=O) groups is 2. The minimum absolute atomic E-state index is 0.134. The number of likely N-dealkylation sites (tertiary alicyclic amines) is 1. The van der Waals surface area contributed by atoms with Gasteiger partial charge in [-0.05, 0) is 43.6 Å². The SMILES string of the molecule is O=C(Cc1cnccn1)Nc1cccc(CN2CCC(C(=O)O)CC2)c1. The molecule has 0 spiro atoms. The standard InChI is InChI=1S/C19H22N4O3/c24-18(11-17-12-20-6-7-21-17)22-16-3-1-2-14(10-16)13-23-8-4-15(5-9-23)19(25)26/h1-3,6-7,10,12,15H,4-5,8-9,11,13H2,(H,22,24)(H,25,26). The smallest absolute Gasteiger partial charge is 0.306 e. The molecule has 1 aromatic heterocycles. The van der Waals surface area contributed by atoms with Crippen LogP contribution in [0.1, 0.15) is 24.1 Å². The molecule has 1 aromatic carbocycles. The predicted octanol–water partition coefficient (Wildman–Crippen LogP) is 1.95. The average Bonchev–Trinajstić information content (AvgIpc) is 2.63. The third-order valence-electron chi connectivity index (χ3n) is 4.51. The van der Waals surface area contributed by atoms with E-state index in [0.717, 1.165) is 30.9 Å². The molecule has 2 N–H and O–H groups in total. The fourth-order valence-corrected chi connectivity index (χ4v) is 3.13. The van der Waals surface area contributed by atoms with Crippen LogP contribution in [-0.4, -0.2) is 44.9 Å². The van der Waals surface area contributed by atoms with Crippen molar-refractivity contribution in [3.05, 3.63) is 54.1 Å². The van der Waals surface area contributed by atoms with Gasteiger partial charge in [0.25, 0.3) is 0 Å². The molecule has 0 bridgehead atoms. The quantitative estimate of drug-likeness (QED) is 0.823. The number of carboxylic acid groups (broad SMARTS) is 1. The number of piperidine rings is 1. The normalized spacial score (nSPS) is 15.5. The van der Waals surface area contributed by atoms with Gasteiger partial charge in [0.2, 0.25) is 5.91 Å². The van der Waals surface area contributed by atoms with Gasteiger partial charge in [0.05, 0.1) is 18.0 Å². The summed E-state index contributed by atoms with van der Waals surface area (Å²) in [5.41, 5.74) is 2.47. The predicted molar refractivity (Wildman–Crippen MR) is 96.4 cm³/mol. The first-order valence-corrected chi connectivity index (χ1v) is 8.69. The molecule has 136 valence electrons. The Kier molecular flexibility index (Phi) is 5.91.